The molecule has 0 nitrogen and oxygen atoms in total. The van der Waals surface area contributed by atoms with Gasteiger partial charge in [0.15, 0.2) is 0 Å². The molecule has 0 saturated heterocycles. The van der Waals surface area contributed by atoms with Gasteiger partial charge < -0.3 is 0 Å². The first-order chi connectivity index (χ1) is 31.2. The van der Waals surface area contributed by atoms with E-state index in [1.54, 1.807) is 49.7 Å². The molecule has 6 aromatic rings. The topological polar surface area (TPSA) is 0 Å². The Labute approximate surface area is 408 Å². The second-order valence-electron chi connectivity index (χ2n) is 21.8. The number of benzene rings is 4. The monoisotopic (exact) mass is 980 g/mol. The van der Waals surface area contributed by atoms with Gasteiger partial charge in [-0.3, -0.25) is 0 Å². The SMILES string of the molecule is CCC[Si]C.CCc1ccc(-c2cccc3[cH-]c(CC45CC6CC(CC(C6)C4)C5)cc23)cc1.CCc1ccc(-c2cccc3[cH-]c(CC45CC6CC(CC(C6)C4)C5)cc23)cc1.[Cl][Zr+2][Cl]. The third kappa shape index (κ3) is 10.6. The van der Waals surface area contributed by atoms with Gasteiger partial charge in [-0.05, 0) is 171 Å². The van der Waals surface area contributed by atoms with Crippen LogP contribution in [0.15, 0.2) is 109 Å². The van der Waals surface area contributed by atoms with Gasteiger partial charge in [0.05, 0.1) is 0 Å². The summed E-state index contributed by atoms with van der Waals surface area (Å²) in [5.74, 6) is 6.27. The Bertz CT molecular complexity index is 2190. The van der Waals surface area contributed by atoms with Crippen molar-refractivity contribution < 1.29 is 20.8 Å². The Kier molecular flexibility index (Phi) is 15.4. The first-order valence-electron chi connectivity index (χ1n) is 25.4. The first kappa shape index (κ1) is 46.9. The fraction of sp³-hybridized carbons (Fsp3) is 0.500. The van der Waals surface area contributed by atoms with Gasteiger partial charge in [0.2, 0.25) is 0 Å². The maximum absolute atomic E-state index is 4.93. The van der Waals surface area contributed by atoms with E-state index < -0.39 is 20.8 Å². The minimum atomic E-state index is -0.826. The zero-order valence-corrected chi connectivity index (χ0v) is 44.3. The molecule has 8 saturated carbocycles. The molecule has 0 aliphatic heterocycles. The van der Waals surface area contributed by atoms with Gasteiger partial charge in [-0.15, -0.1) is 69.1 Å². The maximum atomic E-state index is 4.93. The summed E-state index contributed by atoms with van der Waals surface area (Å²) in [6, 6.07) is 43.5. The van der Waals surface area contributed by atoms with Crippen LogP contribution < -0.4 is 0 Å². The number of halogens is 2. The molecule has 8 aliphatic carbocycles. The summed E-state index contributed by atoms with van der Waals surface area (Å²) in [4.78, 5) is 0. The van der Waals surface area contributed by atoms with Gasteiger partial charge in [-0.25, -0.2) is 0 Å². The molecule has 0 aromatic heterocycles. The van der Waals surface area contributed by atoms with E-state index in [9.17, 15) is 0 Å². The summed E-state index contributed by atoms with van der Waals surface area (Å²) >= 11 is -0.826. The second kappa shape index (κ2) is 21.0. The van der Waals surface area contributed by atoms with E-state index in [0.29, 0.717) is 10.8 Å². The standard InChI is InChI=1S/2C28H31.C4H10Si.2ClH.Zr/c2*1-2-19-6-8-24(9-7-19)26-5-3-4-25-13-23(14-27(25)26)18-28-15-20-10-21(16-28)12-22(11-20)17-28;1-3-4-5-2;;;/h2*3-9,13-14,20-22H,2,10-12,15-18H2,1H3;3-4H2,1-2H3;2*1H;/q2*-1;;;;+4/p-2. The second-order valence-corrected chi connectivity index (χ2v) is 26.7. The third-order valence-electron chi connectivity index (χ3n) is 17.0. The van der Waals surface area contributed by atoms with Crippen LogP contribution in [0.1, 0.15) is 126 Å². The van der Waals surface area contributed by atoms with E-state index in [1.165, 1.54) is 119 Å². The Hall–Kier alpha value is -2.22. The molecule has 8 aliphatic rings. The van der Waals surface area contributed by atoms with Gasteiger partial charge in [0.25, 0.3) is 0 Å². The molecule has 0 atom stereocenters. The Morgan fingerprint density at radius 1 is 0.531 bits per heavy atom. The van der Waals surface area contributed by atoms with Crippen LogP contribution in [0.5, 0.6) is 0 Å². The van der Waals surface area contributed by atoms with Crippen LogP contribution in [-0.2, 0) is 46.5 Å². The predicted molar refractivity (Wildman–Crippen MR) is 276 cm³/mol. The fourth-order valence-electron chi connectivity index (χ4n) is 15.3. The van der Waals surface area contributed by atoms with Crippen molar-refractivity contribution in [2.24, 2.45) is 46.3 Å². The Balaban J connectivity index is 0.000000139. The molecule has 8 bridgehead atoms. The summed E-state index contributed by atoms with van der Waals surface area (Å²) in [5, 5.41) is 5.76. The number of aryl methyl sites for hydroxylation is 2. The van der Waals surface area contributed by atoms with Crippen LogP contribution in [0.2, 0.25) is 12.6 Å². The van der Waals surface area contributed by atoms with E-state index in [-0.39, 0.29) is 0 Å². The van der Waals surface area contributed by atoms with E-state index in [2.05, 4.69) is 137 Å². The molecule has 0 amide bonds. The predicted octanol–water partition coefficient (Wildman–Crippen LogP) is 18.0. The summed E-state index contributed by atoms with van der Waals surface area (Å²) in [5.41, 5.74) is 12.8. The van der Waals surface area contributed by atoms with E-state index in [1.807, 2.05) is 0 Å². The van der Waals surface area contributed by atoms with Crippen LogP contribution in [0.25, 0.3) is 43.8 Å². The molecular weight excluding hydrogens is 911 g/mol. The van der Waals surface area contributed by atoms with Crippen LogP contribution >= 0.6 is 17.0 Å². The number of rotatable bonds is 10. The van der Waals surface area contributed by atoms with Gasteiger partial charge in [0.1, 0.15) is 0 Å². The summed E-state index contributed by atoms with van der Waals surface area (Å²) in [6.07, 6.45) is 24.5. The summed E-state index contributed by atoms with van der Waals surface area (Å²) in [6.45, 7) is 8.91. The molecule has 0 unspecified atom stereocenters. The van der Waals surface area contributed by atoms with Crippen LogP contribution in [0.3, 0.4) is 0 Å². The average Bonchev–Trinajstić information content (AvgIpc) is 3.89. The number of hydrogen-bond acceptors (Lipinski definition) is 0. The first-order valence-corrected chi connectivity index (χ1v) is 33.4. The molecule has 0 N–H and O–H groups in total. The van der Waals surface area contributed by atoms with Gasteiger partial charge in [-0.2, -0.15) is 12.1 Å². The van der Waals surface area contributed by atoms with Crippen molar-refractivity contribution in [1.29, 1.82) is 0 Å². The molecule has 0 spiro atoms. The van der Waals surface area contributed by atoms with Crippen molar-refractivity contribution in [3.63, 3.8) is 0 Å². The summed E-state index contributed by atoms with van der Waals surface area (Å²) < 4.78 is 0. The Morgan fingerprint density at radius 2 is 0.875 bits per heavy atom. The van der Waals surface area contributed by atoms with Crippen LogP contribution in [0.4, 0.5) is 0 Å². The number of hydrogen-bond donors (Lipinski definition) is 0. The van der Waals surface area contributed by atoms with Crippen molar-refractivity contribution in [2.45, 2.75) is 143 Å². The molecule has 2 radical (unpaired) electrons. The molecule has 8 fully saturated rings. The minimum absolute atomic E-state index is 0.627. The van der Waals surface area contributed by atoms with Crippen LogP contribution in [0, 0.1) is 46.3 Å². The van der Waals surface area contributed by atoms with Gasteiger partial charge in [0, 0.05) is 9.52 Å². The van der Waals surface area contributed by atoms with Crippen molar-refractivity contribution in [2.75, 3.05) is 0 Å². The molecule has 4 heteroatoms. The Morgan fingerprint density at radius 3 is 1.16 bits per heavy atom. The quantitative estimate of drug-likeness (QED) is 0.0948. The van der Waals surface area contributed by atoms with Crippen molar-refractivity contribution >= 4 is 48.1 Å². The summed E-state index contributed by atoms with van der Waals surface area (Å²) in [7, 11) is 11.0. The fourth-order valence-corrected chi connectivity index (χ4v) is 15.8. The number of fused-ring (bicyclic) bond motifs is 2. The van der Waals surface area contributed by atoms with Gasteiger partial charge >= 0.3 is 37.9 Å². The van der Waals surface area contributed by atoms with E-state index in [0.717, 1.165) is 57.9 Å². The molecule has 14 rings (SSSR count). The zero-order chi connectivity index (χ0) is 44.3. The van der Waals surface area contributed by atoms with Crippen molar-refractivity contribution in [3.8, 4) is 22.3 Å². The molecule has 334 valence electrons. The zero-order valence-electron chi connectivity index (χ0n) is 39.3. The van der Waals surface area contributed by atoms with Gasteiger partial charge in [-0.1, -0.05) is 112 Å². The average molecular weight is 983 g/mol. The molecule has 0 heterocycles. The normalized spacial score (nSPS) is 27.9. The molecule has 6 aromatic carbocycles. The van der Waals surface area contributed by atoms with Crippen molar-refractivity contribution in [1.82, 2.24) is 0 Å². The van der Waals surface area contributed by atoms with Crippen LogP contribution in [-0.4, -0.2) is 9.52 Å². The van der Waals surface area contributed by atoms with Crippen molar-refractivity contribution in [3.05, 3.63) is 131 Å². The third-order valence-corrected chi connectivity index (χ3v) is 18.0. The molecular formula is C60H72Cl2SiZr. The molecule has 64 heavy (non-hydrogen) atoms. The van der Waals surface area contributed by atoms with E-state index >= 15 is 0 Å². The van der Waals surface area contributed by atoms with E-state index in [4.69, 9.17) is 17.0 Å².